The monoisotopic (exact) mass is 209 g/mol. The number of hydrogen-bond acceptors (Lipinski definition) is 3. The van der Waals surface area contributed by atoms with Crippen LogP contribution in [0.2, 0.25) is 0 Å². The molecule has 0 atom stereocenters. The summed E-state index contributed by atoms with van der Waals surface area (Å²) in [6.07, 6.45) is 0. The third kappa shape index (κ3) is 2.56. The lowest BCUT2D eigenvalue weighted by Crippen LogP contribution is -2.45. The zero-order valence-corrected chi connectivity index (χ0v) is 9.29. The molecule has 0 aromatic carbocycles. The predicted octanol–water partition coefficient (Wildman–Crippen LogP) is -0.594. The molecule has 0 saturated carbocycles. The Morgan fingerprint density at radius 2 is 1.38 bits per heavy atom. The molecule has 0 aromatic rings. The first-order valence-electron chi connectivity index (χ1n) is 3.59. The Morgan fingerprint density at radius 1 is 1.00 bits per heavy atom. The van der Waals surface area contributed by atoms with Crippen LogP contribution in [0.1, 0.15) is 0 Å². The Labute approximate surface area is 78.9 Å². The van der Waals surface area contributed by atoms with E-state index in [1.807, 2.05) is 0 Å². The molecule has 0 rings (SSSR count). The number of nitrogens with zero attached hydrogens (tertiary/aromatic N) is 3. The highest BCUT2D eigenvalue weighted by Crippen LogP contribution is 2.03. The van der Waals surface area contributed by atoms with Crippen LogP contribution in [0.5, 0.6) is 0 Å². The van der Waals surface area contributed by atoms with Gasteiger partial charge in [-0.25, -0.2) is 9.10 Å². The molecule has 0 bridgehead atoms. The maximum atomic E-state index is 11.4. The molecule has 0 aliphatic carbocycles. The second-order valence-corrected chi connectivity index (χ2v) is 5.11. The topological polar surface area (TPSA) is 60.9 Å². The third-order valence-electron chi connectivity index (χ3n) is 1.46. The van der Waals surface area contributed by atoms with Crippen LogP contribution >= 0.6 is 0 Å². The fourth-order valence-electron chi connectivity index (χ4n) is 0.625. The number of carbonyl (C=O) groups is 1. The van der Waals surface area contributed by atoms with Crippen molar-refractivity contribution in [3.05, 3.63) is 0 Å². The first kappa shape index (κ1) is 12.2. The van der Waals surface area contributed by atoms with Gasteiger partial charge in [0.1, 0.15) is 0 Å². The van der Waals surface area contributed by atoms with Crippen LogP contribution in [0.4, 0.5) is 4.79 Å². The Bertz CT molecular complexity index is 283. The molecule has 13 heavy (non-hydrogen) atoms. The highest BCUT2D eigenvalue weighted by atomic mass is 32.2. The number of amides is 2. The number of carbonyl (C=O) groups excluding carboxylic acids is 1. The molecule has 0 aromatic heterocycles. The molecule has 6 nitrogen and oxygen atoms in total. The normalized spacial score (nSPS) is 11.5. The smallest absolute Gasteiger partial charge is 0.330 e. The van der Waals surface area contributed by atoms with Gasteiger partial charge in [-0.05, 0) is 0 Å². The molecule has 0 radical (unpaired) electrons. The van der Waals surface area contributed by atoms with Gasteiger partial charge in [0.25, 0.3) is 0 Å². The van der Waals surface area contributed by atoms with Crippen LogP contribution in [0, 0.1) is 0 Å². The van der Waals surface area contributed by atoms with E-state index in [1.165, 1.54) is 40.1 Å². The molecule has 7 heteroatoms. The molecule has 0 saturated heterocycles. The van der Waals surface area contributed by atoms with Gasteiger partial charge in [0.2, 0.25) is 0 Å². The summed E-state index contributed by atoms with van der Waals surface area (Å²) in [5.74, 6) is 0. The Balaban J connectivity index is 4.81. The lowest BCUT2D eigenvalue weighted by molar-refractivity contribution is 0.201. The molecule has 0 fully saturated rings. The first-order chi connectivity index (χ1) is 5.71. The van der Waals surface area contributed by atoms with Gasteiger partial charge in [-0.3, -0.25) is 0 Å². The Morgan fingerprint density at radius 3 is 1.62 bits per heavy atom. The molecule has 0 spiro atoms. The van der Waals surface area contributed by atoms with E-state index in [1.54, 1.807) is 0 Å². The van der Waals surface area contributed by atoms with Crippen molar-refractivity contribution >= 4 is 16.2 Å². The average molecular weight is 209 g/mol. The molecule has 78 valence electrons. The SMILES string of the molecule is CN(C)C(=O)N(C)S(=O)(=O)N(C)C. The van der Waals surface area contributed by atoms with E-state index >= 15 is 0 Å². The lowest BCUT2D eigenvalue weighted by Gasteiger charge is -2.24. The van der Waals surface area contributed by atoms with E-state index in [0.717, 1.165) is 4.31 Å². The molecule has 0 N–H and O–H groups in total. The van der Waals surface area contributed by atoms with Crippen molar-refractivity contribution in [3.8, 4) is 0 Å². The van der Waals surface area contributed by atoms with Crippen molar-refractivity contribution in [2.75, 3.05) is 35.2 Å². The second-order valence-electron chi connectivity index (χ2n) is 2.93. The number of rotatable bonds is 2. The number of urea groups is 1. The minimum Gasteiger partial charge on any atom is -0.330 e. The van der Waals surface area contributed by atoms with E-state index in [0.29, 0.717) is 4.31 Å². The highest BCUT2D eigenvalue weighted by Gasteiger charge is 2.26. The zero-order chi connectivity index (χ0) is 10.8. The van der Waals surface area contributed by atoms with Gasteiger partial charge in [0, 0.05) is 35.2 Å². The van der Waals surface area contributed by atoms with Crippen molar-refractivity contribution in [3.63, 3.8) is 0 Å². The Hall–Kier alpha value is -0.820. The van der Waals surface area contributed by atoms with Gasteiger partial charge in [0.15, 0.2) is 0 Å². The summed E-state index contributed by atoms with van der Waals surface area (Å²) in [5, 5.41) is 0. The molecular weight excluding hydrogens is 194 g/mol. The first-order valence-corrected chi connectivity index (χ1v) is 4.98. The molecule has 0 aliphatic heterocycles. The maximum Gasteiger partial charge on any atom is 0.333 e. The summed E-state index contributed by atoms with van der Waals surface area (Å²) in [4.78, 5) is 12.4. The second kappa shape index (κ2) is 3.93. The van der Waals surface area contributed by atoms with E-state index in [-0.39, 0.29) is 0 Å². The molecule has 0 heterocycles. The van der Waals surface area contributed by atoms with Crippen LogP contribution in [0.15, 0.2) is 0 Å². The maximum absolute atomic E-state index is 11.4. The quantitative estimate of drug-likeness (QED) is 0.610. The fourth-order valence-corrected chi connectivity index (χ4v) is 1.48. The van der Waals surface area contributed by atoms with Gasteiger partial charge in [-0.15, -0.1) is 0 Å². The largest absolute Gasteiger partial charge is 0.333 e. The van der Waals surface area contributed by atoms with Crippen LogP contribution in [0.25, 0.3) is 0 Å². The summed E-state index contributed by atoms with van der Waals surface area (Å²) in [7, 11) is 3.29. The minimum atomic E-state index is -3.65. The van der Waals surface area contributed by atoms with Gasteiger partial charge in [0.05, 0.1) is 0 Å². The van der Waals surface area contributed by atoms with Gasteiger partial charge >= 0.3 is 16.2 Å². The molecular formula is C6H15N3O3S. The average Bonchev–Trinajstić information content (AvgIpc) is 2.01. The zero-order valence-electron chi connectivity index (χ0n) is 8.47. The van der Waals surface area contributed by atoms with Crippen molar-refractivity contribution < 1.29 is 13.2 Å². The Kier molecular flexibility index (Phi) is 3.68. The van der Waals surface area contributed by atoms with Gasteiger partial charge < -0.3 is 4.90 Å². The summed E-state index contributed by atoms with van der Waals surface area (Å²) in [6, 6.07) is -0.575. The van der Waals surface area contributed by atoms with Crippen LogP contribution < -0.4 is 0 Å². The van der Waals surface area contributed by atoms with Crippen LogP contribution in [0.3, 0.4) is 0 Å². The lowest BCUT2D eigenvalue weighted by atomic mass is 10.8. The van der Waals surface area contributed by atoms with Gasteiger partial charge in [-0.2, -0.15) is 12.7 Å². The standard InChI is InChI=1S/C6H15N3O3S/c1-7(2)6(10)9(5)13(11,12)8(3)4/h1-5H3. The van der Waals surface area contributed by atoms with E-state index < -0.39 is 16.2 Å². The summed E-state index contributed by atoms with van der Waals surface area (Å²) >= 11 is 0. The van der Waals surface area contributed by atoms with E-state index in [4.69, 9.17) is 0 Å². The van der Waals surface area contributed by atoms with E-state index in [9.17, 15) is 13.2 Å². The van der Waals surface area contributed by atoms with Gasteiger partial charge in [-0.1, -0.05) is 0 Å². The predicted molar refractivity (Wildman–Crippen MR) is 49.5 cm³/mol. The molecule has 0 aliphatic rings. The third-order valence-corrected chi connectivity index (χ3v) is 3.23. The minimum absolute atomic E-state index is 0.575. The number of hydrogen-bond donors (Lipinski definition) is 0. The van der Waals surface area contributed by atoms with E-state index in [2.05, 4.69) is 0 Å². The van der Waals surface area contributed by atoms with Crippen molar-refractivity contribution in [2.45, 2.75) is 0 Å². The summed E-state index contributed by atoms with van der Waals surface area (Å²) in [5.41, 5.74) is 0. The molecule has 2 amide bonds. The summed E-state index contributed by atoms with van der Waals surface area (Å²) in [6.45, 7) is 0. The van der Waals surface area contributed by atoms with Crippen molar-refractivity contribution in [1.29, 1.82) is 0 Å². The van der Waals surface area contributed by atoms with Crippen LogP contribution in [-0.4, -0.2) is 63.2 Å². The highest BCUT2D eigenvalue weighted by molar-refractivity contribution is 7.87. The van der Waals surface area contributed by atoms with Crippen molar-refractivity contribution in [2.24, 2.45) is 0 Å². The van der Waals surface area contributed by atoms with Crippen molar-refractivity contribution in [1.82, 2.24) is 13.5 Å². The molecule has 0 unspecified atom stereocenters. The van der Waals surface area contributed by atoms with Crippen LogP contribution in [-0.2, 0) is 10.2 Å². The fraction of sp³-hybridized carbons (Fsp3) is 0.833. The summed E-state index contributed by atoms with van der Waals surface area (Å²) < 4.78 is 24.4.